The van der Waals surface area contributed by atoms with E-state index in [9.17, 15) is 34.5 Å². The lowest BCUT2D eigenvalue weighted by molar-refractivity contribution is -0.134. The van der Waals surface area contributed by atoms with Gasteiger partial charge in [-0.15, -0.1) is 0 Å². The van der Waals surface area contributed by atoms with E-state index in [-0.39, 0.29) is 22.9 Å². The summed E-state index contributed by atoms with van der Waals surface area (Å²) in [5.41, 5.74) is 4.48. The van der Waals surface area contributed by atoms with Gasteiger partial charge in [-0.2, -0.15) is 0 Å². The van der Waals surface area contributed by atoms with Gasteiger partial charge in [-0.25, -0.2) is 9.59 Å². The van der Waals surface area contributed by atoms with Crippen LogP contribution in [0.2, 0.25) is 0 Å². The summed E-state index contributed by atoms with van der Waals surface area (Å²) < 4.78 is 5.65. The summed E-state index contributed by atoms with van der Waals surface area (Å²) in [6, 6.07) is 38.0. The summed E-state index contributed by atoms with van der Waals surface area (Å²) in [7, 11) is 0. The Morgan fingerprint density at radius 2 is 1.01 bits per heavy atom. The highest BCUT2D eigenvalue weighted by atomic mass is 16.5. The molecule has 2 aliphatic rings. The predicted molar refractivity (Wildman–Crippen MR) is 285 cm³/mol. The number of amides is 4. The van der Waals surface area contributed by atoms with Crippen LogP contribution in [0.25, 0.3) is 0 Å². The average molecular weight is 989 g/mol. The third kappa shape index (κ3) is 18.1. The summed E-state index contributed by atoms with van der Waals surface area (Å²) in [4.78, 5) is 52.4. The molecule has 0 saturated heterocycles. The highest BCUT2D eigenvalue weighted by Gasteiger charge is 2.43. The first-order valence-electron chi connectivity index (χ1n) is 26.8. The van der Waals surface area contributed by atoms with Crippen molar-refractivity contribution >= 4 is 24.0 Å². The highest BCUT2D eigenvalue weighted by molar-refractivity contribution is 5.83. The first-order chi connectivity index (χ1) is 34.8. The van der Waals surface area contributed by atoms with E-state index in [1.54, 1.807) is 0 Å². The van der Waals surface area contributed by atoms with Crippen molar-refractivity contribution in [2.24, 2.45) is 10.8 Å². The van der Waals surface area contributed by atoms with E-state index < -0.39 is 48.3 Å². The van der Waals surface area contributed by atoms with Gasteiger partial charge >= 0.3 is 12.2 Å². The van der Waals surface area contributed by atoms with Crippen molar-refractivity contribution in [1.29, 1.82) is 0 Å². The molecule has 0 aliphatic heterocycles. The SMILES string of the molecule is CCCC[C@@H](C(O)C(=O)N[C@H](C)c1ccccc1)N(CC1(CCCc2ccccc2)CCC1)C(=O)O.CCCC[C@H](NC(=O)OCC1(CCCc2ccccc2)CCC1)C(O)C(=O)N[C@H](C)c1ccccc1. The second-order valence-corrected chi connectivity index (χ2v) is 20.6. The van der Waals surface area contributed by atoms with Gasteiger partial charge in [-0.3, -0.25) is 9.59 Å². The largest absolute Gasteiger partial charge is 0.465 e. The number of alkyl carbamates (subject to hydrolysis) is 1. The summed E-state index contributed by atoms with van der Waals surface area (Å²) in [5, 5.41) is 40.6. The number of unbranched alkanes of at least 4 members (excludes halogenated alkanes) is 2. The number of ether oxygens (including phenoxy) is 1. The molecule has 0 aromatic heterocycles. The van der Waals surface area contributed by atoms with Crippen LogP contribution in [-0.2, 0) is 27.2 Å². The number of hydrogen-bond donors (Lipinski definition) is 6. The molecule has 0 heterocycles. The standard InChI is InChI=1S/2C30H42N2O4/c1-3-4-18-26(27(33)28(34)31-23(2)25-16-9-6-10-17-25)32-29(35)36-22-30(20-12-21-30)19-11-15-24-13-7-5-8-14-24;1-3-4-18-26(27(33)28(34)31-23(2)25-16-9-6-10-17-25)32(29(35)36)22-30(20-12-21-30)19-11-15-24-13-7-5-8-14-24/h5-10,13-14,16-17,23,26-27,33H,3-4,11-12,15,18-22H2,1-2H3,(H,31,34)(H,32,35);5-10,13-14,16-17,23,26-27,33H,3-4,11-12,15,18-22H2,1-2H3,(H,31,34)(H,35,36)/t2*23-,26+,27?/m11/s1. The minimum Gasteiger partial charge on any atom is -0.465 e. The summed E-state index contributed by atoms with van der Waals surface area (Å²) in [5.74, 6) is -1.02. The zero-order valence-corrected chi connectivity index (χ0v) is 43.5. The Bertz CT molecular complexity index is 2190. The Morgan fingerprint density at radius 1 is 0.583 bits per heavy atom. The Kier molecular flexibility index (Phi) is 23.6. The van der Waals surface area contributed by atoms with E-state index in [4.69, 9.17) is 4.74 Å². The molecular formula is C60H84N4O8. The topological polar surface area (TPSA) is 178 Å². The molecule has 0 bridgehead atoms. The molecule has 12 heteroatoms. The number of aliphatic hydroxyl groups excluding tert-OH is 2. The van der Waals surface area contributed by atoms with E-state index in [2.05, 4.69) is 52.3 Å². The number of benzene rings is 4. The summed E-state index contributed by atoms with van der Waals surface area (Å²) in [6.45, 7) is 8.55. The van der Waals surface area contributed by atoms with Gasteiger partial charge in [0.2, 0.25) is 0 Å². The van der Waals surface area contributed by atoms with Crippen molar-refractivity contribution in [3.63, 3.8) is 0 Å². The van der Waals surface area contributed by atoms with Gasteiger partial charge in [-0.1, -0.05) is 174 Å². The maximum Gasteiger partial charge on any atom is 0.407 e. The number of carboxylic acid groups (broad SMARTS) is 1. The third-order valence-corrected chi connectivity index (χ3v) is 15.1. The molecule has 4 aromatic rings. The fourth-order valence-electron chi connectivity index (χ4n) is 10.3. The highest BCUT2D eigenvalue weighted by Crippen LogP contribution is 2.47. The van der Waals surface area contributed by atoms with E-state index in [0.717, 1.165) is 114 Å². The Hall–Kier alpha value is -5.72. The minimum absolute atomic E-state index is 0.0478. The smallest absolute Gasteiger partial charge is 0.407 e. The Morgan fingerprint density at radius 3 is 1.44 bits per heavy atom. The lowest BCUT2D eigenvalue weighted by atomic mass is 9.65. The van der Waals surface area contributed by atoms with E-state index in [1.807, 2.05) is 113 Å². The third-order valence-electron chi connectivity index (χ3n) is 15.1. The number of nitrogens with one attached hydrogen (secondary N) is 3. The van der Waals surface area contributed by atoms with Crippen LogP contribution in [0.1, 0.15) is 165 Å². The number of carbonyl (C=O) groups excluding carboxylic acids is 3. The van der Waals surface area contributed by atoms with Crippen LogP contribution in [0.3, 0.4) is 0 Å². The van der Waals surface area contributed by atoms with Crippen molar-refractivity contribution in [3.8, 4) is 0 Å². The fourth-order valence-corrected chi connectivity index (χ4v) is 10.3. The van der Waals surface area contributed by atoms with Crippen molar-refractivity contribution in [1.82, 2.24) is 20.9 Å². The molecule has 0 spiro atoms. The second-order valence-electron chi connectivity index (χ2n) is 20.6. The normalized spacial score (nSPS) is 16.8. The van der Waals surface area contributed by atoms with Crippen LogP contribution in [0.4, 0.5) is 9.59 Å². The first-order valence-corrected chi connectivity index (χ1v) is 26.8. The van der Waals surface area contributed by atoms with E-state index in [1.165, 1.54) is 16.0 Å². The van der Waals surface area contributed by atoms with Gasteiger partial charge in [0.05, 0.1) is 30.8 Å². The Labute approximate surface area is 429 Å². The molecular weight excluding hydrogens is 905 g/mol. The molecule has 4 aromatic carbocycles. The number of aliphatic hydroxyl groups is 2. The number of aryl methyl sites for hydroxylation is 2. The van der Waals surface area contributed by atoms with E-state index in [0.29, 0.717) is 26.0 Å². The molecule has 6 atom stereocenters. The second kappa shape index (κ2) is 29.7. The molecule has 2 saturated carbocycles. The fraction of sp³-hybridized carbons (Fsp3) is 0.533. The average Bonchev–Trinajstić information content (AvgIpc) is 3.37. The van der Waals surface area contributed by atoms with Gasteiger partial charge in [0.25, 0.3) is 11.8 Å². The molecule has 12 nitrogen and oxygen atoms in total. The molecule has 2 fully saturated rings. The summed E-state index contributed by atoms with van der Waals surface area (Å²) in [6.07, 6.45) is 12.2. The zero-order chi connectivity index (χ0) is 51.8. The number of nitrogens with zero attached hydrogens (tertiary/aromatic N) is 1. The number of carbonyl (C=O) groups is 4. The minimum atomic E-state index is -1.42. The van der Waals surface area contributed by atoms with E-state index >= 15 is 0 Å². The van der Waals surface area contributed by atoms with Crippen LogP contribution in [0, 0.1) is 10.8 Å². The maximum atomic E-state index is 13.1. The van der Waals surface area contributed by atoms with Crippen molar-refractivity contribution in [2.45, 2.75) is 180 Å². The molecule has 0 radical (unpaired) electrons. The van der Waals surface area contributed by atoms with Crippen LogP contribution < -0.4 is 16.0 Å². The number of rotatable bonds is 28. The monoisotopic (exact) mass is 989 g/mol. The quantitative estimate of drug-likeness (QED) is 0.0326. The molecule has 2 aliphatic carbocycles. The van der Waals surface area contributed by atoms with Gasteiger partial charge < -0.3 is 40.9 Å². The van der Waals surface area contributed by atoms with Gasteiger partial charge in [0.15, 0.2) is 12.2 Å². The Balaban J connectivity index is 0.000000267. The maximum absolute atomic E-state index is 13.1. The van der Waals surface area contributed by atoms with Crippen LogP contribution in [0.5, 0.6) is 0 Å². The van der Waals surface area contributed by atoms with Gasteiger partial charge in [0, 0.05) is 12.0 Å². The molecule has 2 unspecified atom stereocenters. The molecule has 4 amide bonds. The molecule has 6 rings (SSSR count). The molecule has 392 valence electrons. The lowest BCUT2D eigenvalue weighted by Crippen LogP contribution is -2.56. The lowest BCUT2D eigenvalue weighted by Gasteiger charge is -2.47. The first kappa shape index (κ1) is 57.2. The molecule has 6 N–H and O–H groups in total. The van der Waals surface area contributed by atoms with Crippen molar-refractivity contribution in [3.05, 3.63) is 144 Å². The van der Waals surface area contributed by atoms with Crippen molar-refractivity contribution in [2.75, 3.05) is 13.2 Å². The van der Waals surface area contributed by atoms with Gasteiger partial charge in [0.1, 0.15) is 0 Å². The van der Waals surface area contributed by atoms with Crippen LogP contribution in [0.15, 0.2) is 121 Å². The van der Waals surface area contributed by atoms with Gasteiger partial charge in [-0.05, 0) is 119 Å². The van der Waals surface area contributed by atoms with Crippen molar-refractivity contribution < 1.29 is 39.2 Å². The predicted octanol–water partition coefficient (Wildman–Crippen LogP) is 11.7. The number of hydrogen-bond acceptors (Lipinski definition) is 7. The summed E-state index contributed by atoms with van der Waals surface area (Å²) >= 11 is 0. The molecule has 72 heavy (non-hydrogen) atoms. The van der Waals surface area contributed by atoms with Crippen LogP contribution in [-0.4, -0.2) is 81.7 Å². The zero-order valence-electron chi connectivity index (χ0n) is 43.5. The van der Waals surface area contributed by atoms with Crippen LogP contribution >= 0.6 is 0 Å².